The van der Waals surface area contributed by atoms with Gasteiger partial charge in [-0.2, -0.15) is 0 Å². The van der Waals surface area contributed by atoms with Crippen LogP contribution >= 0.6 is 0 Å². The number of hydrogen-bond donors (Lipinski definition) is 1. The Hall–Kier alpha value is -1.25. The lowest BCUT2D eigenvalue weighted by molar-refractivity contribution is 0.0951. The third-order valence-corrected chi connectivity index (χ3v) is 2.23. The fourth-order valence-corrected chi connectivity index (χ4v) is 1.20. The minimum Gasteiger partial charge on any atom is -0.349 e. The topological polar surface area (TPSA) is 29.1 Å². The van der Waals surface area contributed by atoms with Crippen LogP contribution in [0.3, 0.4) is 0 Å². The van der Waals surface area contributed by atoms with Crippen molar-refractivity contribution in [2.45, 2.75) is 18.9 Å². The van der Waals surface area contributed by atoms with Crippen molar-refractivity contribution in [2.24, 2.45) is 0 Å². The summed E-state index contributed by atoms with van der Waals surface area (Å²) in [5, 5.41) is 2.95. The predicted octanol–water partition coefficient (Wildman–Crippen LogP) is -0.163. The fraction of sp³-hybridized carbons (Fsp3) is 0.300. The zero-order valence-corrected chi connectivity index (χ0v) is 7.71. The maximum atomic E-state index is 11.5. The van der Waals surface area contributed by atoms with E-state index in [2.05, 4.69) is 5.32 Å². The number of benzene rings is 1. The van der Waals surface area contributed by atoms with E-state index in [1.54, 1.807) is 0 Å². The highest BCUT2D eigenvalue weighted by Crippen LogP contribution is 2.19. The minimum atomic E-state index is 0.0579. The standard InChI is InChI=1S/C10H12BNO/c11-8-3-1-7(2-4-8)10(13)12-9-5-6-9/h1-4,9H,5-6,11H2,(H,12,13). The molecule has 2 rings (SSSR count). The van der Waals surface area contributed by atoms with Gasteiger partial charge in [-0.15, -0.1) is 0 Å². The molecule has 1 amide bonds. The number of hydrogen-bond acceptors (Lipinski definition) is 1. The SMILES string of the molecule is Bc1ccc(C(=O)NC2CC2)cc1. The summed E-state index contributed by atoms with van der Waals surface area (Å²) in [5.41, 5.74) is 1.94. The van der Waals surface area contributed by atoms with Gasteiger partial charge in [0, 0.05) is 11.6 Å². The summed E-state index contributed by atoms with van der Waals surface area (Å²) < 4.78 is 0. The van der Waals surface area contributed by atoms with Crippen LogP contribution in [0, 0.1) is 0 Å². The second-order valence-corrected chi connectivity index (χ2v) is 3.61. The summed E-state index contributed by atoms with van der Waals surface area (Å²) in [5.74, 6) is 0.0579. The zero-order chi connectivity index (χ0) is 9.26. The molecule has 0 aliphatic heterocycles. The lowest BCUT2D eigenvalue weighted by Gasteiger charge is -2.02. The lowest BCUT2D eigenvalue weighted by Crippen LogP contribution is -2.25. The van der Waals surface area contributed by atoms with E-state index < -0.39 is 0 Å². The maximum absolute atomic E-state index is 11.5. The number of carbonyl (C=O) groups is 1. The number of carbonyl (C=O) groups excluding carboxylic acids is 1. The molecule has 0 unspecified atom stereocenters. The molecule has 0 bridgehead atoms. The maximum Gasteiger partial charge on any atom is 0.251 e. The van der Waals surface area contributed by atoms with Crippen molar-refractivity contribution in [1.29, 1.82) is 0 Å². The summed E-state index contributed by atoms with van der Waals surface area (Å²) in [6.07, 6.45) is 2.27. The monoisotopic (exact) mass is 173 g/mol. The van der Waals surface area contributed by atoms with Gasteiger partial charge in [0.25, 0.3) is 5.91 Å². The smallest absolute Gasteiger partial charge is 0.251 e. The van der Waals surface area contributed by atoms with Gasteiger partial charge in [0.1, 0.15) is 7.85 Å². The van der Waals surface area contributed by atoms with E-state index in [1.165, 1.54) is 5.46 Å². The van der Waals surface area contributed by atoms with E-state index in [9.17, 15) is 4.79 Å². The molecule has 3 heteroatoms. The molecule has 13 heavy (non-hydrogen) atoms. The molecule has 1 aliphatic carbocycles. The Morgan fingerprint density at radius 1 is 1.31 bits per heavy atom. The quantitative estimate of drug-likeness (QED) is 0.618. The van der Waals surface area contributed by atoms with Crippen LogP contribution in [0.15, 0.2) is 24.3 Å². The van der Waals surface area contributed by atoms with Crippen LogP contribution in [0.2, 0.25) is 0 Å². The first-order valence-electron chi connectivity index (χ1n) is 4.63. The molecule has 0 spiro atoms. The van der Waals surface area contributed by atoms with Gasteiger partial charge in [0.2, 0.25) is 0 Å². The Morgan fingerprint density at radius 2 is 1.92 bits per heavy atom. The zero-order valence-electron chi connectivity index (χ0n) is 7.71. The largest absolute Gasteiger partial charge is 0.349 e. The van der Waals surface area contributed by atoms with Gasteiger partial charge in [-0.25, -0.2) is 0 Å². The van der Waals surface area contributed by atoms with Crippen LogP contribution < -0.4 is 10.8 Å². The first-order valence-corrected chi connectivity index (χ1v) is 4.63. The van der Waals surface area contributed by atoms with Crippen LogP contribution in [0.4, 0.5) is 0 Å². The van der Waals surface area contributed by atoms with E-state index in [1.807, 2.05) is 32.1 Å². The molecular formula is C10H12BNO. The Kier molecular flexibility index (Phi) is 2.09. The van der Waals surface area contributed by atoms with Crippen molar-refractivity contribution in [1.82, 2.24) is 5.32 Å². The highest BCUT2D eigenvalue weighted by Gasteiger charge is 2.23. The highest BCUT2D eigenvalue weighted by atomic mass is 16.1. The minimum absolute atomic E-state index is 0.0579. The van der Waals surface area contributed by atoms with Gasteiger partial charge in [0.05, 0.1) is 0 Å². The molecule has 66 valence electrons. The fourth-order valence-electron chi connectivity index (χ4n) is 1.20. The highest BCUT2D eigenvalue weighted by molar-refractivity contribution is 6.32. The van der Waals surface area contributed by atoms with Gasteiger partial charge in [-0.05, 0) is 12.8 Å². The van der Waals surface area contributed by atoms with Crippen LogP contribution in [0.1, 0.15) is 23.2 Å². The van der Waals surface area contributed by atoms with Crippen molar-refractivity contribution < 1.29 is 4.79 Å². The van der Waals surface area contributed by atoms with Crippen molar-refractivity contribution in [3.8, 4) is 0 Å². The Labute approximate surface area is 78.7 Å². The van der Waals surface area contributed by atoms with Crippen LogP contribution in [-0.4, -0.2) is 19.8 Å². The summed E-state index contributed by atoms with van der Waals surface area (Å²) in [7, 11) is 2.02. The first-order chi connectivity index (χ1) is 6.25. The van der Waals surface area contributed by atoms with E-state index >= 15 is 0 Å². The number of nitrogens with one attached hydrogen (secondary N) is 1. The van der Waals surface area contributed by atoms with E-state index in [0.717, 1.165) is 18.4 Å². The first kappa shape index (κ1) is 8.36. The number of rotatable bonds is 2. The van der Waals surface area contributed by atoms with Crippen molar-refractivity contribution in [2.75, 3.05) is 0 Å². The normalized spacial score (nSPS) is 15.4. The molecule has 0 atom stereocenters. The van der Waals surface area contributed by atoms with Gasteiger partial charge in [-0.3, -0.25) is 4.79 Å². The summed E-state index contributed by atoms with van der Waals surface area (Å²) in [4.78, 5) is 11.5. The van der Waals surface area contributed by atoms with E-state index in [4.69, 9.17) is 0 Å². The Balaban J connectivity index is 2.05. The van der Waals surface area contributed by atoms with Crippen LogP contribution in [0.5, 0.6) is 0 Å². The van der Waals surface area contributed by atoms with Crippen molar-refractivity contribution >= 4 is 19.2 Å². The molecule has 1 saturated carbocycles. The van der Waals surface area contributed by atoms with Crippen LogP contribution in [0.25, 0.3) is 0 Å². The van der Waals surface area contributed by atoms with Gasteiger partial charge < -0.3 is 5.32 Å². The molecule has 1 N–H and O–H groups in total. The number of amides is 1. The average molecular weight is 173 g/mol. The summed E-state index contributed by atoms with van der Waals surface area (Å²) in [6, 6.07) is 8.10. The molecule has 1 fully saturated rings. The molecular weight excluding hydrogens is 161 g/mol. The third kappa shape index (κ3) is 2.11. The summed E-state index contributed by atoms with van der Waals surface area (Å²) >= 11 is 0. The molecule has 0 saturated heterocycles. The lowest BCUT2D eigenvalue weighted by atomic mass is 9.95. The Morgan fingerprint density at radius 3 is 2.46 bits per heavy atom. The molecule has 2 nitrogen and oxygen atoms in total. The molecule has 0 aromatic heterocycles. The van der Waals surface area contributed by atoms with E-state index in [-0.39, 0.29) is 5.91 Å². The summed E-state index contributed by atoms with van der Waals surface area (Å²) in [6.45, 7) is 0. The molecule has 0 heterocycles. The van der Waals surface area contributed by atoms with Crippen LogP contribution in [-0.2, 0) is 0 Å². The molecule has 1 aromatic carbocycles. The molecule has 1 aliphatic rings. The second-order valence-electron chi connectivity index (χ2n) is 3.61. The van der Waals surface area contributed by atoms with Gasteiger partial charge in [0.15, 0.2) is 0 Å². The average Bonchev–Trinajstić information content (AvgIpc) is 2.89. The second kappa shape index (κ2) is 3.25. The third-order valence-electron chi connectivity index (χ3n) is 2.23. The van der Waals surface area contributed by atoms with Crippen molar-refractivity contribution in [3.05, 3.63) is 29.8 Å². The van der Waals surface area contributed by atoms with Crippen molar-refractivity contribution in [3.63, 3.8) is 0 Å². The van der Waals surface area contributed by atoms with Gasteiger partial charge in [-0.1, -0.05) is 29.7 Å². The molecule has 1 aromatic rings. The van der Waals surface area contributed by atoms with E-state index in [0.29, 0.717) is 6.04 Å². The van der Waals surface area contributed by atoms with Gasteiger partial charge >= 0.3 is 0 Å². The predicted molar refractivity (Wildman–Crippen MR) is 55.1 cm³/mol. The molecule has 0 radical (unpaired) electrons. The Bertz CT molecular complexity index is 316.